The number of aliphatic hydroxyl groups excluding tert-OH is 1. The lowest BCUT2D eigenvalue weighted by atomic mass is 10.2. The molecule has 14 heavy (non-hydrogen) atoms. The number of unbranched alkanes of at least 4 members (excludes halogenated alkanes) is 1. The van der Waals surface area contributed by atoms with Crippen molar-refractivity contribution in [1.82, 2.24) is 0 Å². The molecule has 1 aromatic rings. The van der Waals surface area contributed by atoms with E-state index in [1.165, 1.54) is 10.5 Å². The summed E-state index contributed by atoms with van der Waals surface area (Å²) in [5.74, 6) is 1.07. The van der Waals surface area contributed by atoms with Crippen LogP contribution in [0.25, 0.3) is 0 Å². The quantitative estimate of drug-likeness (QED) is 0.559. The lowest BCUT2D eigenvalue weighted by Gasteiger charge is -2.02. The zero-order valence-electron chi connectivity index (χ0n) is 8.28. The molecule has 0 unspecified atom stereocenters. The van der Waals surface area contributed by atoms with Gasteiger partial charge in [0.15, 0.2) is 0 Å². The Labute approximate surface area is 89.5 Å². The monoisotopic (exact) mass is 211 g/mol. The molecule has 0 aromatic heterocycles. The van der Waals surface area contributed by atoms with E-state index < -0.39 is 0 Å². The third kappa shape index (κ3) is 4.13. The van der Waals surface area contributed by atoms with Gasteiger partial charge < -0.3 is 10.8 Å². The predicted octanol–water partition coefficient (Wildman–Crippen LogP) is 2.01. The van der Waals surface area contributed by atoms with Crippen molar-refractivity contribution in [3.8, 4) is 0 Å². The van der Waals surface area contributed by atoms with Crippen LogP contribution in [0.1, 0.15) is 18.4 Å². The van der Waals surface area contributed by atoms with E-state index >= 15 is 0 Å². The van der Waals surface area contributed by atoms with E-state index in [9.17, 15) is 0 Å². The van der Waals surface area contributed by atoms with Crippen LogP contribution in [-0.2, 0) is 6.54 Å². The van der Waals surface area contributed by atoms with Crippen LogP contribution in [-0.4, -0.2) is 17.5 Å². The van der Waals surface area contributed by atoms with Crippen LogP contribution in [0.15, 0.2) is 29.2 Å². The average molecular weight is 211 g/mol. The first-order valence-corrected chi connectivity index (χ1v) is 5.88. The molecule has 0 spiro atoms. The molecule has 78 valence electrons. The summed E-state index contributed by atoms with van der Waals surface area (Å²) in [6.45, 7) is 0.905. The Kier molecular flexibility index (Phi) is 5.68. The lowest BCUT2D eigenvalue weighted by Crippen LogP contribution is -1.95. The van der Waals surface area contributed by atoms with Gasteiger partial charge in [0.2, 0.25) is 0 Å². The number of nitrogens with two attached hydrogens (primary N) is 1. The topological polar surface area (TPSA) is 46.2 Å². The Hall–Kier alpha value is -0.510. The van der Waals surface area contributed by atoms with Gasteiger partial charge in [-0.2, -0.15) is 0 Å². The van der Waals surface area contributed by atoms with Crippen molar-refractivity contribution in [1.29, 1.82) is 0 Å². The van der Waals surface area contributed by atoms with Crippen LogP contribution in [0.5, 0.6) is 0 Å². The van der Waals surface area contributed by atoms with Crippen molar-refractivity contribution in [2.75, 3.05) is 12.4 Å². The fourth-order valence-electron chi connectivity index (χ4n) is 1.13. The highest BCUT2D eigenvalue weighted by Gasteiger charge is 1.94. The van der Waals surface area contributed by atoms with Gasteiger partial charge in [-0.1, -0.05) is 12.1 Å². The maximum absolute atomic E-state index is 8.61. The number of hydrogen-bond donors (Lipinski definition) is 2. The fraction of sp³-hybridized carbons (Fsp3) is 0.455. The molecule has 3 heteroatoms. The maximum Gasteiger partial charge on any atom is 0.0431 e. The van der Waals surface area contributed by atoms with E-state index in [1.54, 1.807) is 0 Å². The van der Waals surface area contributed by atoms with E-state index in [0.717, 1.165) is 18.6 Å². The molecule has 0 amide bonds. The van der Waals surface area contributed by atoms with Crippen LogP contribution < -0.4 is 5.73 Å². The standard InChI is InChI=1S/C11H17NOS/c12-9-10-3-5-11(6-4-10)14-8-2-1-7-13/h3-6,13H,1-2,7-9,12H2. The first-order chi connectivity index (χ1) is 6.86. The second-order valence-corrected chi connectivity index (χ2v) is 4.30. The zero-order chi connectivity index (χ0) is 10.2. The van der Waals surface area contributed by atoms with Gasteiger partial charge in [-0.15, -0.1) is 11.8 Å². The summed E-state index contributed by atoms with van der Waals surface area (Å²) in [6, 6.07) is 8.33. The Balaban J connectivity index is 2.29. The van der Waals surface area contributed by atoms with Gasteiger partial charge in [0, 0.05) is 18.0 Å². The molecular formula is C11H17NOS. The molecule has 0 saturated heterocycles. The molecule has 0 aliphatic carbocycles. The molecule has 3 N–H and O–H groups in total. The second kappa shape index (κ2) is 6.87. The lowest BCUT2D eigenvalue weighted by molar-refractivity contribution is 0.287. The predicted molar refractivity (Wildman–Crippen MR) is 61.4 cm³/mol. The normalized spacial score (nSPS) is 10.4. The molecule has 0 fully saturated rings. The largest absolute Gasteiger partial charge is 0.396 e. The summed E-state index contributed by atoms with van der Waals surface area (Å²) in [7, 11) is 0. The molecule has 0 bridgehead atoms. The Bertz CT molecular complexity index is 248. The molecule has 1 rings (SSSR count). The zero-order valence-corrected chi connectivity index (χ0v) is 9.09. The Morgan fingerprint density at radius 3 is 2.43 bits per heavy atom. The minimum Gasteiger partial charge on any atom is -0.396 e. The van der Waals surface area contributed by atoms with Gasteiger partial charge in [-0.25, -0.2) is 0 Å². The average Bonchev–Trinajstić information content (AvgIpc) is 2.25. The highest BCUT2D eigenvalue weighted by molar-refractivity contribution is 7.99. The summed E-state index contributed by atoms with van der Waals surface area (Å²) in [5, 5.41) is 8.61. The molecule has 0 radical (unpaired) electrons. The van der Waals surface area contributed by atoms with Crippen LogP contribution in [0.2, 0.25) is 0 Å². The van der Waals surface area contributed by atoms with Crippen LogP contribution in [0.3, 0.4) is 0 Å². The highest BCUT2D eigenvalue weighted by Crippen LogP contribution is 2.19. The first kappa shape index (κ1) is 11.6. The molecule has 2 nitrogen and oxygen atoms in total. The smallest absolute Gasteiger partial charge is 0.0431 e. The van der Waals surface area contributed by atoms with Crippen molar-refractivity contribution < 1.29 is 5.11 Å². The summed E-state index contributed by atoms with van der Waals surface area (Å²) in [5.41, 5.74) is 6.68. The second-order valence-electron chi connectivity index (χ2n) is 3.13. The van der Waals surface area contributed by atoms with Crippen molar-refractivity contribution in [3.05, 3.63) is 29.8 Å². The van der Waals surface area contributed by atoms with E-state index in [2.05, 4.69) is 24.3 Å². The van der Waals surface area contributed by atoms with E-state index in [1.807, 2.05) is 11.8 Å². The number of thioether (sulfide) groups is 1. The molecule has 0 heterocycles. The third-order valence-corrected chi connectivity index (χ3v) is 3.08. The number of hydrogen-bond acceptors (Lipinski definition) is 3. The van der Waals surface area contributed by atoms with Crippen molar-refractivity contribution in [2.24, 2.45) is 5.73 Å². The SMILES string of the molecule is NCc1ccc(SCCCCO)cc1. The van der Waals surface area contributed by atoms with E-state index in [-0.39, 0.29) is 0 Å². The van der Waals surface area contributed by atoms with Crippen LogP contribution in [0, 0.1) is 0 Å². The van der Waals surface area contributed by atoms with Gasteiger partial charge in [0.05, 0.1) is 0 Å². The van der Waals surface area contributed by atoms with Crippen molar-refractivity contribution in [3.63, 3.8) is 0 Å². The van der Waals surface area contributed by atoms with Crippen molar-refractivity contribution in [2.45, 2.75) is 24.3 Å². The van der Waals surface area contributed by atoms with Gasteiger partial charge >= 0.3 is 0 Å². The number of benzene rings is 1. The molecule has 1 aromatic carbocycles. The highest BCUT2D eigenvalue weighted by atomic mass is 32.2. The summed E-state index contributed by atoms with van der Waals surface area (Å²) >= 11 is 1.83. The van der Waals surface area contributed by atoms with Gasteiger partial charge in [-0.3, -0.25) is 0 Å². The van der Waals surface area contributed by atoms with Crippen molar-refractivity contribution >= 4 is 11.8 Å². The summed E-state index contributed by atoms with van der Waals surface area (Å²) < 4.78 is 0. The van der Waals surface area contributed by atoms with Crippen LogP contribution in [0.4, 0.5) is 0 Å². The Morgan fingerprint density at radius 2 is 1.86 bits per heavy atom. The molecule has 0 saturated carbocycles. The molecule has 0 aliphatic rings. The number of rotatable bonds is 6. The molecule has 0 aliphatic heterocycles. The minimum absolute atomic E-state index is 0.298. The first-order valence-electron chi connectivity index (χ1n) is 4.89. The van der Waals surface area contributed by atoms with E-state index in [4.69, 9.17) is 10.8 Å². The Morgan fingerprint density at radius 1 is 1.14 bits per heavy atom. The molecule has 0 atom stereocenters. The summed E-state index contributed by atoms with van der Waals surface area (Å²) in [4.78, 5) is 1.28. The molecular weight excluding hydrogens is 194 g/mol. The summed E-state index contributed by atoms with van der Waals surface area (Å²) in [6.07, 6.45) is 1.97. The fourth-order valence-corrected chi connectivity index (χ4v) is 2.04. The van der Waals surface area contributed by atoms with Gasteiger partial charge in [-0.05, 0) is 36.3 Å². The van der Waals surface area contributed by atoms with Crippen LogP contribution >= 0.6 is 11.8 Å². The number of aliphatic hydroxyl groups is 1. The maximum atomic E-state index is 8.61. The third-order valence-electron chi connectivity index (χ3n) is 1.98. The van der Waals surface area contributed by atoms with Gasteiger partial charge in [0.1, 0.15) is 0 Å². The van der Waals surface area contributed by atoms with Gasteiger partial charge in [0.25, 0.3) is 0 Å². The van der Waals surface area contributed by atoms with E-state index in [0.29, 0.717) is 13.2 Å². The minimum atomic E-state index is 0.298.